The number of hydrogen-bond acceptors (Lipinski definition) is 1. The van der Waals surface area contributed by atoms with E-state index < -0.39 is 7.26 Å². The van der Waals surface area contributed by atoms with E-state index in [2.05, 4.69) is 51.1 Å². The van der Waals surface area contributed by atoms with Crippen LogP contribution in [0, 0.1) is 0 Å². The second-order valence-corrected chi connectivity index (χ2v) is 11.0. The van der Waals surface area contributed by atoms with Crippen molar-refractivity contribution in [3.8, 4) is 0 Å². The van der Waals surface area contributed by atoms with Gasteiger partial charge in [0, 0.05) is 18.9 Å². The van der Waals surface area contributed by atoms with Crippen LogP contribution >= 0.6 is 7.26 Å². The first-order valence-corrected chi connectivity index (χ1v) is 12.1. The van der Waals surface area contributed by atoms with Gasteiger partial charge in [-0.3, -0.25) is 4.79 Å². The minimum Gasteiger partial charge on any atom is -0.295 e. The maximum Gasteiger partial charge on any atom is 0.156 e. The standard InChI is InChI=1S/C22H36OP/c1-5-8-16-24(17-9-6-2,18-10-7-3)22(19-20(4)23)21-14-12-11-13-15-21/h11-15,19H,5-10,16-18H2,1-4H3/q+1. The van der Waals surface area contributed by atoms with Gasteiger partial charge in [0.05, 0.1) is 18.5 Å². The first-order valence-electron chi connectivity index (χ1n) is 9.74. The first kappa shape index (κ1) is 21.1. The van der Waals surface area contributed by atoms with Crippen LogP contribution in [0.2, 0.25) is 0 Å². The van der Waals surface area contributed by atoms with Crippen molar-refractivity contribution in [1.82, 2.24) is 0 Å². The number of ketones is 1. The highest BCUT2D eigenvalue weighted by molar-refractivity contribution is 7.85. The summed E-state index contributed by atoms with van der Waals surface area (Å²) in [5.41, 5.74) is 1.28. The predicted octanol–water partition coefficient (Wildman–Crippen LogP) is 7.03. The molecule has 0 N–H and O–H groups in total. The molecular weight excluding hydrogens is 311 g/mol. The van der Waals surface area contributed by atoms with E-state index in [0.717, 1.165) is 0 Å². The number of allylic oxidation sites excluding steroid dienone is 1. The third-order valence-electron chi connectivity index (χ3n) is 4.74. The monoisotopic (exact) mass is 347 g/mol. The molecule has 2 heteroatoms. The Labute approximate surface area is 150 Å². The zero-order valence-electron chi connectivity index (χ0n) is 16.2. The van der Waals surface area contributed by atoms with Crippen molar-refractivity contribution in [2.45, 2.75) is 66.2 Å². The molecule has 0 spiro atoms. The number of carbonyl (C=O) groups excluding carboxylic acids is 1. The summed E-state index contributed by atoms with van der Waals surface area (Å²) in [6.07, 6.45) is 13.4. The molecule has 0 saturated carbocycles. The van der Waals surface area contributed by atoms with Gasteiger partial charge in [0.15, 0.2) is 5.78 Å². The van der Waals surface area contributed by atoms with Crippen LogP contribution < -0.4 is 0 Å². The number of carbonyl (C=O) groups is 1. The molecule has 0 bridgehead atoms. The Hall–Kier alpha value is -0.940. The zero-order valence-corrected chi connectivity index (χ0v) is 17.1. The van der Waals surface area contributed by atoms with Crippen molar-refractivity contribution in [1.29, 1.82) is 0 Å². The summed E-state index contributed by atoms with van der Waals surface area (Å²) in [4.78, 5) is 12.0. The molecule has 0 aliphatic carbocycles. The topological polar surface area (TPSA) is 17.1 Å². The molecule has 1 nitrogen and oxygen atoms in total. The summed E-state index contributed by atoms with van der Waals surface area (Å²) >= 11 is 0. The van der Waals surface area contributed by atoms with Gasteiger partial charge in [0.25, 0.3) is 0 Å². The maximum absolute atomic E-state index is 12.0. The van der Waals surface area contributed by atoms with Crippen molar-refractivity contribution in [2.75, 3.05) is 18.5 Å². The molecule has 0 radical (unpaired) electrons. The van der Waals surface area contributed by atoms with Gasteiger partial charge in [-0.1, -0.05) is 70.4 Å². The van der Waals surface area contributed by atoms with E-state index >= 15 is 0 Å². The zero-order chi connectivity index (χ0) is 17.8. The summed E-state index contributed by atoms with van der Waals surface area (Å²) in [6.45, 7) is 8.55. The molecule has 24 heavy (non-hydrogen) atoms. The first-order chi connectivity index (χ1) is 11.6. The van der Waals surface area contributed by atoms with E-state index in [1.807, 2.05) is 6.08 Å². The molecule has 1 aromatic carbocycles. The van der Waals surface area contributed by atoms with Crippen LogP contribution in [-0.2, 0) is 4.79 Å². The Bertz CT molecular complexity index is 482. The van der Waals surface area contributed by atoms with Crippen LogP contribution in [0.1, 0.15) is 71.8 Å². The van der Waals surface area contributed by atoms with Gasteiger partial charge in [0.2, 0.25) is 0 Å². The van der Waals surface area contributed by atoms with Crippen LogP contribution in [0.3, 0.4) is 0 Å². The van der Waals surface area contributed by atoms with Crippen molar-refractivity contribution in [2.24, 2.45) is 0 Å². The Balaban J connectivity index is 3.37. The van der Waals surface area contributed by atoms with Gasteiger partial charge >= 0.3 is 0 Å². The minimum atomic E-state index is -1.29. The third kappa shape index (κ3) is 6.52. The van der Waals surface area contributed by atoms with Gasteiger partial charge in [-0.2, -0.15) is 0 Å². The maximum atomic E-state index is 12.0. The van der Waals surface area contributed by atoms with Crippen LogP contribution in [0.5, 0.6) is 0 Å². The van der Waals surface area contributed by atoms with Crippen molar-refractivity contribution in [3.05, 3.63) is 42.0 Å². The number of benzene rings is 1. The number of unbranched alkanes of at least 4 members (excludes halogenated alkanes) is 3. The molecule has 0 unspecified atom stereocenters. The lowest BCUT2D eigenvalue weighted by Crippen LogP contribution is -2.12. The normalized spacial score (nSPS) is 12.4. The van der Waals surface area contributed by atoms with Crippen LogP contribution in [0.25, 0.3) is 5.31 Å². The predicted molar refractivity (Wildman–Crippen MR) is 111 cm³/mol. The summed E-state index contributed by atoms with van der Waals surface area (Å²) in [5, 5.41) is 1.39. The van der Waals surface area contributed by atoms with Gasteiger partial charge in [-0.05, 0) is 26.2 Å². The molecule has 0 aliphatic rings. The average Bonchev–Trinajstić information content (AvgIpc) is 2.60. The largest absolute Gasteiger partial charge is 0.295 e. The summed E-state index contributed by atoms with van der Waals surface area (Å²) in [7, 11) is -1.29. The third-order valence-corrected chi connectivity index (χ3v) is 9.67. The Morgan fingerprint density at radius 1 is 0.875 bits per heavy atom. The van der Waals surface area contributed by atoms with Crippen molar-refractivity contribution < 1.29 is 4.79 Å². The summed E-state index contributed by atoms with van der Waals surface area (Å²) < 4.78 is 0. The second kappa shape index (κ2) is 11.6. The van der Waals surface area contributed by atoms with E-state index in [0.29, 0.717) is 0 Å². The molecule has 134 valence electrons. The summed E-state index contributed by atoms with van der Waals surface area (Å²) in [6, 6.07) is 10.7. The molecule has 0 amide bonds. The second-order valence-electron chi connectivity index (χ2n) is 6.88. The quantitative estimate of drug-likeness (QED) is 0.293. The Kier molecular flexibility index (Phi) is 10.2. The van der Waals surface area contributed by atoms with Gasteiger partial charge in [-0.25, -0.2) is 0 Å². The van der Waals surface area contributed by atoms with E-state index in [1.165, 1.54) is 67.9 Å². The van der Waals surface area contributed by atoms with Crippen LogP contribution in [-0.4, -0.2) is 24.3 Å². The van der Waals surface area contributed by atoms with Gasteiger partial charge < -0.3 is 0 Å². The molecule has 0 heterocycles. The lowest BCUT2D eigenvalue weighted by Gasteiger charge is -2.30. The van der Waals surface area contributed by atoms with E-state index in [-0.39, 0.29) is 5.78 Å². The fourth-order valence-corrected chi connectivity index (χ4v) is 8.69. The average molecular weight is 348 g/mol. The smallest absolute Gasteiger partial charge is 0.156 e. The van der Waals surface area contributed by atoms with Gasteiger partial charge in [-0.15, -0.1) is 0 Å². The van der Waals surface area contributed by atoms with Crippen molar-refractivity contribution >= 4 is 18.4 Å². The van der Waals surface area contributed by atoms with E-state index in [9.17, 15) is 4.79 Å². The Morgan fingerprint density at radius 3 is 1.71 bits per heavy atom. The minimum absolute atomic E-state index is 0.197. The lowest BCUT2D eigenvalue weighted by atomic mass is 10.2. The molecule has 1 rings (SSSR count). The lowest BCUT2D eigenvalue weighted by molar-refractivity contribution is -0.112. The van der Waals surface area contributed by atoms with Crippen LogP contribution in [0.15, 0.2) is 36.4 Å². The van der Waals surface area contributed by atoms with Gasteiger partial charge in [0.1, 0.15) is 5.31 Å². The summed E-state index contributed by atoms with van der Waals surface area (Å²) in [5.74, 6) is 0.197. The van der Waals surface area contributed by atoms with E-state index in [4.69, 9.17) is 0 Å². The highest BCUT2D eigenvalue weighted by Gasteiger charge is 2.41. The van der Waals surface area contributed by atoms with E-state index in [1.54, 1.807) is 6.92 Å². The van der Waals surface area contributed by atoms with Crippen molar-refractivity contribution in [3.63, 3.8) is 0 Å². The molecule has 0 aromatic heterocycles. The number of rotatable bonds is 12. The molecule has 1 aromatic rings. The molecule has 0 fully saturated rings. The highest BCUT2D eigenvalue weighted by atomic mass is 31.2. The molecular formula is C22H36OP+. The molecule has 0 aliphatic heterocycles. The number of hydrogen-bond donors (Lipinski definition) is 0. The SMILES string of the molecule is CCCC[P+](CCCC)(CCCC)C(=CC(C)=O)c1ccccc1. The molecule has 0 saturated heterocycles. The Morgan fingerprint density at radius 2 is 1.33 bits per heavy atom. The van der Waals surface area contributed by atoms with Crippen LogP contribution in [0.4, 0.5) is 0 Å². The fraction of sp³-hybridized carbons (Fsp3) is 0.591. The highest BCUT2D eigenvalue weighted by Crippen LogP contribution is 2.70. The fourth-order valence-electron chi connectivity index (χ4n) is 3.37. The molecule has 0 atom stereocenters.